The third-order valence-corrected chi connectivity index (χ3v) is 4.31. The van der Waals surface area contributed by atoms with E-state index < -0.39 is 28.5 Å². The minimum absolute atomic E-state index is 0.0859. The van der Waals surface area contributed by atoms with Gasteiger partial charge in [0.25, 0.3) is 5.91 Å². The van der Waals surface area contributed by atoms with Crippen molar-refractivity contribution in [1.82, 2.24) is 0 Å². The van der Waals surface area contributed by atoms with Gasteiger partial charge in [-0.2, -0.15) is 0 Å². The summed E-state index contributed by atoms with van der Waals surface area (Å²) in [7, 11) is -3.81. The molecule has 0 radical (unpaired) electrons. The number of primary sulfonamides is 1. The van der Waals surface area contributed by atoms with Crippen LogP contribution in [-0.2, 0) is 19.6 Å². The maximum absolute atomic E-state index is 11.8. The van der Waals surface area contributed by atoms with Gasteiger partial charge in [0, 0.05) is 5.69 Å². The van der Waals surface area contributed by atoms with Gasteiger partial charge in [-0.05, 0) is 42.5 Å². The molecule has 2 aromatic carbocycles. The normalized spacial score (nSPS) is 11.0. The zero-order chi connectivity index (χ0) is 18.6. The lowest BCUT2D eigenvalue weighted by atomic mass is 10.2. The first-order valence-electron chi connectivity index (χ1n) is 6.81. The number of carbonyl (C=O) groups is 2. The molecule has 2 rings (SSSR count). The fourth-order valence-corrected chi connectivity index (χ4v) is 2.44. The number of nitrogens with one attached hydrogen (secondary N) is 1. The molecule has 2 aromatic rings. The Labute approximate surface area is 148 Å². The van der Waals surface area contributed by atoms with Gasteiger partial charge in [0.05, 0.1) is 21.2 Å². The number of esters is 1. The summed E-state index contributed by atoms with van der Waals surface area (Å²) < 4.78 is 27.1. The second-order valence-electron chi connectivity index (χ2n) is 4.93. The monoisotopic (exact) mass is 383 g/mol. The topological polar surface area (TPSA) is 142 Å². The summed E-state index contributed by atoms with van der Waals surface area (Å²) in [5.74, 6) is -1.33. The van der Waals surface area contributed by atoms with Crippen molar-refractivity contribution in [3.8, 4) is 0 Å². The van der Waals surface area contributed by atoms with Crippen LogP contribution in [0.2, 0.25) is 5.02 Å². The molecule has 0 atom stereocenters. The van der Waals surface area contributed by atoms with E-state index in [1.807, 2.05) is 0 Å². The number of rotatable bonds is 5. The van der Waals surface area contributed by atoms with E-state index in [4.69, 9.17) is 27.2 Å². The number of benzene rings is 2. The van der Waals surface area contributed by atoms with Crippen LogP contribution in [0.1, 0.15) is 10.4 Å². The van der Waals surface area contributed by atoms with Gasteiger partial charge in [0.15, 0.2) is 6.61 Å². The molecule has 25 heavy (non-hydrogen) atoms. The largest absolute Gasteiger partial charge is 0.452 e. The number of ether oxygens (including phenoxy) is 1. The Balaban J connectivity index is 1.92. The summed E-state index contributed by atoms with van der Waals surface area (Å²) >= 11 is 5.76. The van der Waals surface area contributed by atoms with E-state index in [0.717, 1.165) is 0 Å². The number of anilines is 2. The molecular formula is C15H14ClN3O5S. The minimum Gasteiger partial charge on any atom is -0.452 e. The van der Waals surface area contributed by atoms with Crippen molar-refractivity contribution in [2.24, 2.45) is 5.14 Å². The van der Waals surface area contributed by atoms with Crippen LogP contribution in [0.15, 0.2) is 47.4 Å². The average Bonchev–Trinajstić information content (AvgIpc) is 2.55. The third kappa shape index (κ3) is 5.18. The van der Waals surface area contributed by atoms with Crippen LogP contribution in [0, 0.1) is 0 Å². The van der Waals surface area contributed by atoms with Crippen LogP contribution < -0.4 is 16.2 Å². The lowest BCUT2D eigenvalue weighted by Gasteiger charge is -2.08. The van der Waals surface area contributed by atoms with Gasteiger partial charge in [0.1, 0.15) is 0 Å². The highest BCUT2D eigenvalue weighted by atomic mass is 35.5. The van der Waals surface area contributed by atoms with Gasteiger partial charge >= 0.3 is 5.97 Å². The highest BCUT2D eigenvalue weighted by Gasteiger charge is 2.12. The van der Waals surface area contributed by atoms with Crippen LogP contribution in [0.25, 0.3) is 0 Å². The molecule has 0 heterocycles. The van der Waals surface area contributed by atoms with Crippen molar-refractivity contribution < 1.29 is 22.7 Å². The van der Waals surface area contributed by atoms with E-state index in [1.54, 1.807) is 0 Å². The quantitative estimate of drug-likeness (QED) is 0.525. The number of sulfonamides is 1. The molecule has 0 unspecified atom stereocenters. The summed E-state index contributed by atoms with van der Waals surface area (Å²) in [4.78, 5) is 23.5. The fourth-order valence-electron chi connectivity index (χ4n) is 1.81. The molecule has 0 aromatic heterocycles. The molecule has 0 saturated heterocycles. The first-order chi connectivity index (χ1) is 11.7. The van der Waals surface area contributed by atoms with Crippen LogP contribution in [-0.4, -0.2) is 26.9 Å². The van der Waals surface area contributed by atoms with E-state index in [-0.39, 0.29) is 16.1 Å². The van der Waals surface area contributed by atoms with Gasteiger partial charge in [0.2, 0.25) is 10.0 Å². The van der Waals surface area contributed by atoms with Crippen LogP contribution in [0.3, 0.4) is 0 Å². The minimum atomic E-state index is -3.81. The maximum Gasteiger partial charge on any atom is 0.338 e. The van der Waals surface area contributed by atoms with E-state index >= 15 is 0 Å². The Kier molecular flexibility index (Phi) is 5.62. The molecular weight excluding hydrogens is 370 g/mol. The Morgan fingerprint density at radius 2 is 1.76 bits per heavy atom. The Morgan fingerprint density at radius 3 is 2.32 bits per heavy atom. The van der Waals surface area contributed by atoms with Crippen molar-refractivity contribution in [2.45, 2.75) is 4.90 Å². The van der Waals surface area contributed by atoms with Crippen molar-refractivity contribution in [3.05, 3.63) is 53.1 Å². The first-order valence-corrected chi connectivity index (χ1v) is 8.74. The van der Waals surface area contributed by atoms with Crippen LogP contribution in [0.5, 0.6) is 0 Å². The number of nitrogen functional groups attached to an aromatic ring is 1. The van der Waals surface area contributed by atoms with Crippen molar-refractivity contribution in [1.29, 1.82) is 0 Å². The zero-order valence-corrected chi connectivity index (χ0v) is 14.3. The smallest absolute Gasteiger partial charge is 0.338 e. The Bertz CT molecular complexity index is 913. The molecule has 0 aliphatic carbocycles. The Hall–Kier alpha value is -2.62. The van der Waals surface area contributed by atoms with Gasteiger partial charge in [-0.3, -0.25) is 4.79 Å². The molecule has 0 fully saturated rings. The average molecular weight is 384 g/mol. The van der Waals surface area contributed by atoms with Gasteiger partial charge in [-0.1, -0.05) is 11.6 Å². The molecule has 8 nitrogen and oxygen atoms in total. The van der Waals surface area contributed by atoms with E-state index in [0.29, 0.717) is 10.7 Å². The van der Waals surface area contributed by atoms with E-state index in [2.05, 4.69) is 5.32 Å². The lowest BCUT2D eigenvalue weighted by molar-refractivity contribution is -0.119. The lowest BCUT2D eigenvalue weighted by Crippen LogP contribution is -2.21. The standard InChI is InChI=1S/C15H14ClN3O5S/c16-12-6-1-9(7-13(12)17)15(21)24-8-14(20)19-10-2-4-11(5-3-10)25(18,22)23/h1-7H,8,17H2,(H,19,20)(H2,18,22,23). The number of nitrogens with two attached hydrogens (primary N) is 2. The SMILES string of the molecule is Nc1cc(C(=O)OCC(=O)Nc2ccc(S(N)(=O)=O)cc2)ccc1Cl. The van der Waals surface area contributed by atoms with Gasteiger partial charge in [-0.25, -0.2) is 18.4 Å². The molecule has 0 saturated carbocycles. The molecule has 5 N–H and O–H groups in total. The van der Waals surface area contributed by atoms with Crippen molar-refractivity contribution >= 4 is 44.9 Å². The first kappa shape index (κ1) is 18.7. The summed E-state index contributed by atoms with van der Waals surface area (Å²) in [6, 6.07) is 9.42. The zero-order valence-electron chi connectivity index (χ0n) is 12.7. The van der Waals surface area contributed by atoms with Gasteiger partial charge in [-0.15, -0.1) is 0 Å². The number of hydrogen-bond donors (Lipinski definition) is 3. The summed E-state index contributed by atoms with van der Waals surface area (Å²) in [5.41, 5.74) is 6.29. The van der Waals surface area contributed by atoms with Crippen LogP contribution in [0.4, 0.5) is 11.4 Å². The molecule has 0 spiro atoms. The Morgan fingerprint density at radius 1 is 1.12 bits per heavy atom. The summed E-state index contributed by atoms with van der Waals surface area (Å²) in [6.07, 6.45) is 0. The number of carbonyl (C=O) groups excluding carboxylic acids is 2. The van der Waals surface area contributed by atoms with E-state index in [9.17, 15) is 18.0 Å². The molecule has 0 bridgehead atoms. The number of amides is 1. The number of halogens is 1. The molecule has 0 aliphatic heterocycles. The van der Waals surface area contributed by atoms with Crippen molar-refractivity contribution in [3.63, 3.8) is 0 Å². The summed E-state index contributed by atoms with van der Waals surface area (Å²) in [5, 5.41) is 7.73. The molecule has 132 valence electrons. The third-order valence-electron chi connectivity index (χ3n) is 3.03. The second-order valence-corrected chi connectivity index (χ2v) is 6.90. The molecule has 10 heteroatoms. The maximum atomic E-state index is 11.8. The predicted octanol–water partition coefficient (Wildman–Crippen LogP) is 1.37. The van der Waals surface area contributed by atoms with Crippen LogP contribution >= 0.6 is 11.6 Å². The fraction of sp³-hybridized carbons (Fsp3) is 0.0667. The molecule has 0 aliphatic rings. The second kappa shape index (κ2) is 7.51. The highest BCUT2D eigenvalue weighted by molar-refractivity contribution is 7.89. The van der Waals surface area contributed by atoms with Gasteiger partial charge < -0.3 is 15.8 Å². The van der Waals surface area contributed by atoms with E-state index in [1.165, 1.54) is 42.5 Å². The summed E-state index contributed by atoms with van der Waals surface area (Å²) in [6.45, 7) is -0.529. The number of hydrogen-bond acceptors (Lipinski definition) is 6. The predicted molar refractivity (Wildman–Crippen MR) is 92.6 cm³/mol. The molecule has 1 amide bonds. The highest BCUT2D eigenvalue weighted by Crippen LogP contribution is 2.20. The van der Waals surface area contributed by atoms with Crippen molar-refractivity contribution in [2.75, 3.05) is 17.7 Å².